The molecule has 0 amide bonds. The third kappa shape index (κ3) is 5.32. The zero-order valence-corrected chi connectivity index (χ0v) is 30.5. The summed E-state index contributed by atoms with van der Waals surface area (Å²) in [5, 5.41) is 5.02. The molecular weight excluding hydrogens is 651 g/mol. The van der Waals surface area contributed by atoms with Crippen LogP contribution in [-0.4, -0.2) is 0 Å². The molecule has 1 aliphatic rings. The molecule has 9 aromatic carbocycles. The van der Waals surface area contributed by atoms with E-state index < -0.39 is 0 Å². The van der Waals surface area contributed by atoms with Crippen molar-refractivity contribution in [2.24, 2.45) is 0 Å². The Bertz CT molecular complexity index is 2820. The van der Waals surface area contributed by atoms with Gasteiger partial charge in [-0.15, -0.1) is 0 Å². The van der Waals surface area contributed by atoms with Gasteiger partial charge in [0.25, 0.3) is 0 Å². The fraction of sp³-hybridized carbons (Fsp3) is 0.0566. The molecule has 0 fully saturated rings. The van der Waals surface area contributed by atoms with Crippen molar-refractivity contribution in [3.8, 4) is 44.5 Å². The van der Waals surface area contributed by atoms with Crippen LogP contribution >= 0.6 is 0 Å². The molecule has 0 unspecified atom stereocenters. The summed E-state index contributed by atoms with van der Waals surface area (Å²) in [6, 6.07) is 73.4. The van der Waals surface area contributed by atoms with Crippen LogP contribution in [0.4, 0.5) is 17.1 Å². The summed E-state index contributed by atoms with van der Waals surface area (Å²) < 4.78 is 0. The molecular formula is C53H39N. The van der Waals surface area contributed by atoms with E-state index in [1.165, 1.54) is 77.2 Å². The summed E-state index contributed by atoms with van der Waals surface area (Å²) in [7, 11) is 0. The van der Waals surface area contributed by atoms with Crippen molar-refractivity contribution < 1.29 is 0 Å². The molecule has 0 spiro atoms. The van der Waals surface area contributed by atoms with Crippen LogP contribution in [0.3, 0.4) is 0 Å². The van der Waals surface area contributed by atoms with Gasteiger partial charge in [0.1, 0.15) is 0 Å². The predicted octanol–water partition coefficient (Wildman–Crippen LogP) is 14.8. The third-order valence-electron chi connectivity index (χ3n) is 11.5. The molecule has 54 heavy (non-hydrogen) atoms. The molecule has 1 aliphatic carbocycles. The molecule has 0 N–H and O–H groups in total. The molecule has 1 heteroatoms. The van der Waals surface area contributed by atoms with Gasteiger partial charge in [-0.25, -0.2) is 0 Å². The van der Waals surface area contributed by atoms with Crippen molar-refractivity contribution in [2.45, 2.75) is 19.3 Å². The summed E-state index contributed by atoms with van der Waals surface area (Å²) in [6.07, 6.45) is 0. The quantitative estimate of drug-likeness (QED) is 0.168. The molecule has 0 saturated carbocycles. The molecule has 256 valence electrons. The van der Waals surface area contributed by atoms with Gasteiger partial charge in [-0.2, -0.15) is 0 Å². The average molecular weight is 690 g/mol. The lowest BCUT2D eigenvalue weighted by Gasteiger charge is -2.27. The predicted molar refractivity (Wildman–Crippen MR) is 230 cm³/mol. The molecule has 0 saturated heterocycles. The van der Waals surface area contributed by atoms with E-state index in [9.17, 15) is 0 Å². The second-order valence-electron chi connectivity index (χ2n) is 15.0. The van der Waals surface area contributed by atoms with Gasteiger partial charge < -0.3 is 4.90 Å². The maximum atomic E-state index is 2.41. The highest BCUT2D eigenvalue weighted by Crippen LogP contribution is 2.50. The minimum absolute atomic E-state index is 0.0475. The molecule has 0 radical (unpaired) electrons. The molecule has 1 nitrogen and oxygen atoms in total. The standard InChI is InChI=1S/C53H39N/c1-53(2)51-22-11-10-20-48(51)50-35-44(31-32-52(50)53)54(42-27-23-38(24-28-42)46-21-12-17-37-15-6-8-18-45(37)46)43-29-25-39(26-30-43)49-34-41(36-13-4-3-5-14-36)33-40-16-7-9-19-47(40)49/h3-35H,1-2H3. The minimum atomic E-state index is -0.0475. The molecule has 9 aromatic rings. The first kappa shape index (κ1) is 32.0. The molecule has 0 aliphatic heterocycles. The normalized spacial score (nSPS) is 12.8. The molecule has 0 atom stereocenters. The summed E-state index contributed by atoms with van der Waals surface area (Å²) >= 11 is 0. The maximum absolute atomic E-state index is 2.41. The maximum Gasteiger partial charge on any atom is 0.0468 e. The van der Waals surface area contributed by atoms with Crippen LogP contribution in [0.1, 0.15) is 25.0 Å². The number of nitrogens with zero attached hydrogens (tertiary/aromatic N) is 1. The zero-order valence-electron chi connectivity index (χ0n) is 30.5. The summed E-state index contributed by atoms with van der Waals surface area (Å²) in [6.45, 7) is 4.69. The SMILES string of the molecule is CC1(C)c2ccccc2-c2cc(N(c3ccc(-c4cccc5ccccc45)cc3)c3ccc(-c4cc(-c5ccccc5)cc5ccccc45)cc3)ccc21. The van der Waals surface area contributed by atoms with Crippen molar-refractivity contribution in [3.63, 3.8) is 0 Å². The third-order valence-corrected chi connectivity index (χ3v) is 11.5. The number of fused-ring (bicyclic) bond motifs is 5. The first-order chi connectivity index (χ1) is 26.5. The number of hydrogen-bond acceptors (Lipinski definition) is 1. The Hall–Kier alpha value is -6.70. The highest BCUT2D eigenvalue weighted by atomic mass is 15.1. The number of anilines is 3. The fourth-order valence-electron chi connectivity index (χ4n) is 8.70. The van der Waals surface area contributed by atoms with E-state index in [0.29, 0.717) is 0 Å². The lowest BCUT2D eigenvalue weighted by atomic mass is 9.82. The van der Waals surface area contributed by atoms with Crippen LogP contribution in [0, 0.1) is 0 Å². The van der Waals surface area contributed by atoms with Crippen molar-refractivity contribution in [2.75, 3.05) is 4.90 Å². The Morgan fingerprint density at radius 2 is 0.852 bits per heavy atom. The van der Waals surface area contributed by atoms with Gasteiger partial charge in [-0.3, -0.25) is 0 Å². The van der Waals surface area contributed by atoms with E-state index >= 15 is 0 Å². The van der Waals surface area contributed by atoms with Crippen LogP contribution in [0.5, 0.6) is 0 Å². The highest BCUT2D eigenvalue weighted by Gasteiger charge is 2.35. The average Bonchev–Trinajstić information content (AvgIpc) is 3.46. The first-order valence-corrected chi connectivity index (χ1v) is 18.8. The second-order valence-corrected chi connectivity index (χ2v) is 15.0. The zero-order chi connectivity index (χ0) is 36.2. The van der Waals surface area contributed by atoms with Gasteiger partial charge in [-0.05, 0) is 126 Å². The molecule has 0 aromatic heterocycles. The molecule has 10 rings (SSSR count). The first-order valence-electron chi connectivity index (χ1n) is 18.8. The topological polar surface area (TPSA) is 3.24 Å². The van der Waals surface area contributed by atoms with E-state index in [1.807, 2.05) is 0 Å². The number of benzene rings is 9. The van der Waals surface area contributed by atoms with E-state index in [-0.39, 0.29) is 5.41 Å². The second kappa shape index (κ2) is 12.8. The summed E-state index contributed by atoms with van der Waals surface area (Å²) in [4.78, 5) is 2.41. The fourth-order valence-corrected chi connectivity index (χ4v) is 8.70. The van der Waals surface area contributed by atoms with Gasteiger partial charge >= 0.3 is 0 Å². The van der Waals surface area contributed by atoms with Gasteiger partial charge in [0.15, 0.2) is 0 Å². The Kier molecular flexibility index (Phi) is 7.56. The van der Waals surface area contributed by atoms with Crippen molar-refractivity contribution >= 4 is 38.6 Å². The number of hydrogen-bond donors (Lipinski definition) is 0. The van der Waals surface area contributed by atoms with Crippen LogP contribution in [0.2, 0.25) is 0 Å². The minimum Gasteiger partial charge on any atom is -0.310 e. The van der Waals surface area contributed by atoms with E-state index in [0.717, 1.165) is 17.1 Å². The van der Waals surface area contributed by atoms with Gasteiger partial charge in [0, 0.05) is 22.5 Å². The number of rotatable bonds is 6. The molecule has 0 heterocycles. The van der Waals surface area contributed by atoms with Gasteiger partial charge in [-0.1, -0.05) is 166 Å². The van der Waals surface area contributed by atoms with Crippen molar-refractivity contribution in [3.05, 3.63) is 211 Å². The molecule has 0 bridgehead atoms. The summed E-state index contributed by atoms with van der Waals surface area (Å²) in [5.41, 5.74) is 16.1. The Morgan fingerprint density at radius 1 is 0.315 bits per heavy atom. The Morgan fingerprint density at radius 3 is 1.59 bits per heavy atom. The lowest BCUT2D eigenvalue weighted by Crippen LogP contribution is -2.15. The van der Waals surface area contributed by atoms with Gasteiger partial charge in [0.05, 0.1) is 0 Å². The smallest absolute Gasteiger partial charge is 0.0468 e. The summed E-state index contributed by atoms with van der Waals surface area (Å²) in [5.74, 6) is 0. The van der Waals surface area contributed by atoms with Crippen LogP contribution < -0.4 is 4.90 Å². The van der Waals surface area contributed by atoms with Gasteiger partial charge in [0.2, 0.25) is 0 Å². The van der Waals surface area contributed by atoms with Crippen LogP contribution in [0.15, 0.2) is 200 Å². The lowest BCUT2D eigenvalue weighted by molar-refractivity contribution is 0.660. The highest BCUT2D eigenvalue weighted by molar-refractivity contribution is 6.01. The van der Waals surface area contributed by atoms with E-state index in [4.69, 9.17) is 0 Å². The van der Waals surface area contributed by atoms with E-state index in [2.05, 4.69) is 219 Å². The van der Waals surface area contributed by atoms with Crippen LogP contribution in [0.25, 0.3) is 66.1 Å². The largest absolute Gasteiger partial charge is 0.310 e. The van der Waals surface area contributed by atoms with Crippen molar-refractivity contribution in [1.29, 1.82) is 0 Å². The van der Waals surface area contributed by atoms with Crippen LogP contribution in [-0.2, 0) is 5.41 Å². The van der Waals surface area contributed by atoms with Crippen molar-refractivity contribution in [1.82, 2.24) is 0 Å². The van der Waals surface area contributed by atoms with E-state index in [1.54, 1.807) is 0 Å². The monoisotopic (exact) mass is 689 g/mol. The Balaban J connectivity index is 1.10. The Labute approximate surface area is 317 Å².